The molecule has 1 fully saturated rings. The maximum Gasteiger partial charge on any atom is 0.416 e. The number of amides is 2. The number of halogens is 4. The molecular formula is C24H20ClF3N4O2. The van der Waals surface area contributed by atoms with E-state index in [0.717, 1.165) is 12.1 Å². The molecule has 0 aliphatic carbocycles. The van der Waals surface area contributed by atoms with Crippen molar-refractivity contribution in [3.8, 4) is 0 Å². The molecule has 4 rings (SSSR count). The zero-order valence-corrected chi connectivity index (χ0v) is 18.6. The van der Waals surface area contributed by atoms with Crippen LogP contribution in [0.2, 0.25) is 5.02 Å². The Morgan fingerprint density at radius 2 is 1.62 bits per heavy atom. The van der Waals surface area contributed by atoms with Gasteiger partial charge in [-0.15, -0.1) is 0 Å². The lowest BCUT2D eigenvalue weighted by Gasteiger charge is -2.35. The van der Waals surface area contributed by atoms with Crippen LogP contribution in [-0.4, -0.2) is 47.9 Å². The quantitative estimate of drug-likeness (QED) is 0.563. The highest BCUT2D eigenvalue weighted by atomic mass is 35.5. The summed E-state index contributed by atoms with van der Waals surface area (Å²) < 4.78 is 38.6. The van der Waals surface area contributed by atoms with Crippen LogP contribution in [0, 0.1) is 0 Å². The Morgan fingerprint density at radius 3 is 2.26 bits per heavy atom. The Morgan fingerprint density at radius 1 is 0.912 bits per heavy atom. The van der Waals surface area contributed by atoms with Gasteiger partial charge in [-0.25, -0.2) is 4.98 Å². The Kier molecular flexibility index (Phi) is 6.74. The minimum Gasteiger partial charge on any atom is -0.353 e. The predicted octanol–water partition coefficient (Wildman–Crippen LogP) is 4.97. The summed E-state index contributed by atoms with van der Waals surface area (Å²) in [5, 5.41) is 3.07. The molecule has 0 spiro atoms. The highest BCUT2D eigenvalue weighted by Gasteiger charge is 2.31. The number of carbonyl (C=O) groups excluding carboxylic acids is 2. The number of pyridine rings is 1. The lowest BCUT2D eigenvalue weighted by atomic mass is 10.1. The SMILES string of the molecule is O=C(Nc1ccc(N2CCN(C(=O)c3cccc(Cl)c3)CC2)nc1)c1cccc(C(F)(F)F)c1. The Hall–Kier alpha value is -3.59. The number of hydrogen-bond donors (Lipinski definition) is 1. The van der Waals surface area contributed by atoms with E-state index in [1.807, 2.05) is 4.90 Å². The molecule has 6 nitrogen and oxygen atoms in total. The number of nitrogens with zero attached hydrogens (tertiary/aromatic N) is 3. The number of benzene rings is 2. The molecule has 1 saturated heterocycles. The first kappa shape index (κ1) is 23.6. The van der Waals surface area contributed by atoms with Crippen LogP contribution in [0.3, 0.4) is 0 Å². The fourth-order valence-corrected chi connectivity index (χ4v) is 3.82. The van der Waals surface area contributed by atoms with Crippen LogP contribution in [0.15, 0.2) is 66.9 Å². The molecule has 1 aromatic heterocycles. The van der Waals surface area contributed by atoms with E-state index in [1.54, 1.807) is 41.3 Å². The Labute approximate surface area is 199 Å². The standard InChI is InChI=1S/C24H20ClF3N4O2/c25-19-6-2-4-17(14-19)23(34)32-11-9-31(10-12-32)21-8-7-20(15-29-21)30-22(33)16-3-1-5-18(13-16)24(26,27)28/h1-8,13-15H,9-12H2,(H,30,33). The molecule has 1 aliphatic rings. The second-order valence-electron chi connectivity index (χ2n) is 7.73. The van der Waals surface area contributed by atoms with Crippen LogP contribution in [0.25, 0.3) is 0 Å². The van der Waals surface area contributed by atoms with Gasteiger partial charge in [0.05, 0.1) is 17.4 Å². The Bertz CT molecular complexity index is 1190. The van der Waals surface area contributed by atoms with Gasteiger partial charge in [-0.1, -0.05) is 23.7 Å². The van der Waals surface area contributed by atoms with E-state index in [-0.39, 0.29) is 11.5 Å². The molecule has 1 N–H and O–H groups in total. The van der Waals surface area contributed by atoms with Gasteiger partial charge in [0.25, 0.3) is 11.8 Å². The first-order chi connectivity index (χ1) is 16.2. The number of hydrogen-bond acceptors (Lipinski definition) is 4. The van der Waals surface area contributed by atoms with E-state index in [4.69, 9.17) is 11.6 Å². The van der Waals surface area contributed by atoms with Crippen molar-refractivity contribution in [2.24, 2.45) is 0 Å². The van der Waals surface area contributed by atoms with Gasteiger partial charge in [0.2, 0.25) is 0 Å². The minimum absolute atomic E-state index is 0.0808. The van der Waals surface area contributed by atoms with Gasteiger partial charge >= 0.3 is 6.18 Å². The average Bonchev–Trinajstić information content (AvgIpc) is 2.84. The van der Waals surface area contributed by atoms with Crippen molar-refractivity contribution in [2.45, 2.75) is 6.18 Å². The number of alkyl halides is 3. The number of carbonyl (C=O) groups is 2. The van der Waals surface area contributed by atoms with E-state index in [9.17, 15) is 22.8 Å². The highest BCUT2D eigenvalue weighted by Crippen LogP contribution is 2.29. The van der Waals surface area contributed by atoms with Gasteiger partial charge in [0.15, 0.2) is 0 Å². The molecule has 0 radical (unpaired) electrons. The van der Waals surface area contributed by atoms with Crippen molar-refractivity contribution >= 4 is 34.9 Å². The van der Waals surface area contributed by atoms with Gasteiger partial charge in [-0.3, -0.25) is 9.59 Å². The molecule has 3 aromatic rings. The van der Waals surface area contributed by atoms with Crippen LogP contribution in [-0.2, 0) is 6.18 Å². The Balaban J connectivity index is 1.34. The molecular weight excluding hydrogens is 469 g/mol. The lowest BCUT2D eigenvalue weighted by molar-refractivity contribution is -0.137. The second-order valence-corrected chi connectivity index (χ2v) is 8.16. The highest BCUT2D eigenvalue weighted by molar-refractivity contribution is 6.30. The molecule has 2 amide bonds. The largest absolute Gasteiger partial charge is 0.416 e. The van der Waals surface area contributed by atoms with Crippen LogP contribution in [0.4, 0.5) is 24.7 Å². The summed E-state index contributed by atoms with van der Waals surface area (Å²) in [5.74, 6) is -0.0662. The molecule has 0 saturated carbocycles. The summed E-state index contributed by atoms with van der Waals surface area (Å²) in [7, 11) is 0. The fraction of sp³-hybridized carbons (Fsp3) is 0.208. The van der Waals surface area contributed by atoms with E-state index in [2.05, 4.69) is 10.3 Å². The van der Waals surface area contributed by atoms with Crippen molar-refractivity contribution in [2.75, 3.05) is 36.4 Å². The van der Waals surface area contributed by atoms with Crippen LogP contribution in [0.1, 0.15) is 26.3 Å². The summed E-state index contributed by atoms with van der Waals surface area (Å²) in [5.41, 5.74) is -0.0816. The number of anilines is 2. The van der Waals surface area contributed by atoms with Crippen LogP contribution >= 0.6 is 11.6 Å². The van der Waals surface area contributed by atoms with Crippen molar-refractivity contribution in [1.29, 1.82) is 0 Å². The third-order valence-electron chi connectivity index (χ3n) is 5.42. The maximum atomic E-state index is 12.9. The third kappa shape index (κ3) is 5.48. The van der Waals surface area contributed by atoms with Gasteiger partial charge in [0.1, 0.15) is 5.82 Å². The molecule has 0 unspecified atom stereocenters. The fourth-order valence-electron chi connectivity index (χ4n) is 3.63. The van der Waals surface area contributed by atoms with Gasteiger partial charge in [-0.05, 0) is 48.5 Å². The molecule has 10 heteroatoms. The lowest BCUT2D eigenvalue weighted by Crippen LogP contribution is -2.49. The summed E-state index contributed by atoms with van der Waals surface area (Å²) in [4.78, 5) is 33.1. The minimum atomic E-state index is -4.53. The molecule has 0 bridgehead atoms. The number of piperazine rings is 1. The van der Waals surface area contributed by atoms with E-state index < -0.39 is 17.6 Å². The summed E-state index contributed by atoms with van der Waals surface area (Å²) in [6.07, 6.45) is -3.08. The molecule has 2 heterocycles. The van der Waals surface area contributed by atoms with E-state index >= 15 is 0 Å². The predicted molar refractivity (Wildman–Crippen MR) is 123 cm³/mol. The number of aromatic nitrogens is 1. The van der Waals surface area contributed by atoms with E-state index in [0.29, 0.717) is 48.3 Å². The smallest absolute Gasteiger partial charge is 0.353 e. The van der Waals surface area contributed by atoms with Crippen LogP contribution in [0.5, 0.6) is 0 Å². The zero-order valence-electron chi connectivity index (χ0n) is 17.8. The van der Waals surface area contributed by atoms with Gasteiger partial charge in [0, 0.05) is 42.3 Å². The summed E-state index contributed by atoms with van der Waals surface area (Å²) in [6, 6.07) is 14.4. The number of rotatable bonds is 4. The normalized spacial score (nSPS) is 14.1. The molecule has 2 aromatic carbocycles. The molecule has 176 valence electrons. The van der Waals surface area contributed by atoms with E-state index in [1.165, 1.54) is 18.3 Å². The topological polar surface area (TPSA) is 65.5 Å². The molecule has 34 heavy (non-hydrogen) atoms. The molecule has 1 aliphatic heterocycles. The molecule has 0 atom stereocenters. The summed E-state index contributed by atoms with van der Waals surface area (Å²) >= 11 is 5.98. The van der Waals surface area contributed by atoms with Gasteiger partial charge in [-0.2, -0.15) is 13.2 Å². The first-order valence-electron chi connectivity index (χ1n) is 10.5. The zero-order chi connectivity index (χ0) is 24.3. The third-order valence-corrected chi connectivity index (χ3v) is 5.66. The monoisotopic (exact) mass is 488 g/mol. The van der Waals surface area contributed by atoms with Crippen molar-refractivity contribution in [3.63, 3.8) is 0 Å². The van der Waals surface area contributed by atoms with Crippen molar-refractivity contribution in [3.05, 3.63) is 88.6 Å². The second kappa shape index (κ2) is 9.72. The maximum absolute atomic E-state index is 12.9. The van der Waals surface area contributed by atoms with Crippen LogP contribution < -0.4 is 10.2 Å². The van der Waals surface area contributed by atoms with Crippen molar-refractivity contribution < 1.29 is 22.8 Å². The summed E-state index contributed by atoms with van der Waals surface area (Å²) in [6.45, 7) is 2.19. The number of nitrogens with one attached hydrogen (secondary N) is 1. The van der Waals surface area contributed by atoms with Gasteiger partial charge < -0.3 is 15.1 Å². The average molecular weight is 489 g/mol. The van der Waals surface area contributed by atoms with Crippen molar-refractivity contribution in [1.82, 2.24) is 9.88 Å². The first-order valence-corrected chi connectivity index (χ1v) is 10.8.